The molecule has 0 spiro atoms. The van der Waals surface area contributed by atoms with Gasteiger partial charge in [0.2, 0.25) is 0 Å². The molecule has 0 saturated heterocycles. The van der Waals surface area contributed by atoms with E-state index in [1.54, 1.807) is 48.5 Å². The van der Waals surface area contributed by atoms with E-state index < -0.39 is 15.8 Å². The van der Waals surface area contributed by atoms with Crippen molar-refractivity contribution in [3.05, 3.63) is 342 Å². The molecule has 14 heteroatoms. The third-order valence-electron chi connectivity index (χ3n) is 11.2. The van der Waals surface area contributed by atoms with Crippen LogP contribution >= 0.6 is 0 Å². The smallest absolute Gasteiger partial charge is 0.337 e. The van der Waals surface area contributed by atoms with Crippen LogP contribution in [-0.4, -0.2) is 20.9 Å². The standard InChI is InChI=1S/C45H28N4O2.2C6H5NO2.H2O.Zn/c50-45(51)32-18-16-31(17-19-32)44-39-26-24-37(48-39)42(29-12-6-2-7-13-29)35-22-20-33(46-35)41(28-10-4-1-5-11-28)34-21-23-36(47-34)43(30-14-8-3-9-15-30)38-25-27-40(44)49-38;2*8-7(9)6-4-2-1-3-5-6;;/h1-27H,(H,50,51);2*1-5H;1H2;/p+1. The van der Waals surface area contributed by atoms with E-state index in [0.717, 1.165) is 91.5 Å². The van der Waals surface area contributed by atoms with Crippen molar-refractivity contribution in [2.75, 3.05) is 0 Å². The second kappa shape index (κ2) is 22.7. The third-order valence-corrected chi connectivity index (χ3v) is 11.2. The zero-order valence-corrected chi connectivity index (χ0v) is 40.8. The molecule has 8 bridgehead atoms. The summed E-state index contributed by atoms with van der Waals surface area (Å²) >= 11 is 0. The van der Waals surface area contributed by atoms with Crippen molar-refractivity contribution in [1.82, 2.24) is 19.9 Å². The summed E-state index contributed by atoms with van der Waals surface area (Å²) in [7, 11) is 0. The van der Waals surface area contributed by atoms with Crippen LogP contribution in [0.2, 0.25) is 0 Å². The monoisotopic (exact) mass is 985 g/mol. The number of benzene rings is 6. The second-order valence-electron chi connectivity index (χ2n) is 15.5. The van der Waals surface area contributed by atoms with E-state index in [-0.39, 0.29) is 41.9 Å². The number of nitro benzene ring substituents is 2. The maximum atomic E-state index is 11.8. The molecular formula is C57H41N6O7Zn+. The first kappa shape index (κ1) is 49.7. The molecule has 4 N–H and O–H groups in total. The molecule has 0 atom stereocenters. The predicted molar refractivity (Wildman–Crippen MR) is 265 cm³/mol. The van der Waals surface area contributed by atoms with Crippen LogP contribution in [0, 0.1) is 43.9 Å². The van der Waals surface area contributed by atoms with Gasteiger partial charge in [0.1, 0.15) is 0 Å². The van der Waals surface area contributed by atoms with Gasteiger partial charge in [-0.15, -0.1) is 0 Å². The van der Waals surface area contributed by atoms with Crippen LogP contribution < -0.4 is 19.9 Å². The third kappa shape index (κ3) is 11.2. The van der Waals surface area contributed by atoms with Gasteiger partial charge in [0.15, 0.2) is 0 Å². The molecule has 1 aliphatic rings. The average Bonchev–Trinajstić information content (AvgIpc) is 4.25. The van der Waals surface area contributed by atoms with E-state index in [0.29, 0.717) is 0 Å². The molecule has 342 valence electrons. The fourth-order valence-electron chi connectivity index (χ4n) is 7.96. The van der Waals surface area contributed by atoms with Crippen molar-refractivity contribution in [1.29, 1.82) is 0 Å². The number of non-ortho nitro benzene ring substituents is 2. The van der Waals surface area contributed by atoms with E-state index in [1.807, 2.05) is 91.0 Å². The van der Waals surface area contributed by atoms with Crippen LogP contribution in [0.1, 0.15) is 78.2 Å². The van der Waals surface area contributed by atoms with Gasteiger partial charge in [-0.1, -0.05) is 36.4 Å². The number of para-hydroxylation sites is 2. The van der Waals surface area contributed by atoms with Gasteiger partial charge in [-0.25, -0.2) is 4.79 Å². The number of aromatic nitrogens is 4. The van der Waals surface area contributed by atoms with Crippen molar-refractivity contribution >= 4 is 17.3 Å². The van der Waals surface area contributed by atoms with E-state index in [2.05, 4.69) is 60.7 Å². The Morgan fingerprint density at radius 2 is 0.563 bits per heavy atom. The number of carboxylic acid groups (broad SMARTS) is 1. The van der Waals surface area contributed by atoms with E-state index >= 15 is 0 Å². The summed E-state index contributed by atoms with van der Waals surface area (Å²) in [6.45, 7) is 0. The quantitative estimate of drug-likeness (QED) is 0.0525. The van der Waals surface area contributed by atoms with Crippen LogP contribution in [0.5, 0.6) is 0 Å². The molecule has 5 heterocycles. The zero-order valence-electron chi connectivity index (χ0n) is 37.8. The molecule has 0 unspecified atom stereocenters. The molecule has 11 rings (SSSR count). The summed E-state index contributed by atoms with van der Waals surface area (Å²) in [6, 6.07) is 69.7. The number of rotatable bonds is 7. The molecule has 71 heavy (non-hydrogen) atoms. The minimum Gasteiger partial charge on any atom is -0.628 e. The van der Waals surface area contributed by atoms with Crippen LogP contribution in [-0.2, 0) is 25.0 Å². The van der Waals surface area contributed by atoms with Crippen LogP contribution in [0.25, 0.3) is 0 Å². The van der Waals surface area contributed by atoms with Crippen LogP contribution in [0.15, 0.2) is 224 Å². The molecular weight excluding hydrogens is 946 g/mol. The topological polar surface area (TPSA) is 213 Å². The number of carboxylic acids is 1. The number of aromatic carboxylic acids is 1. The second-order valence-corrected chi connectivity index (χ2v) is 15.5. The zero-order chi connectivity index (χ0) is 47.7. The molecule has 0 aliphatic carbocycles. The Hall–Kier alpha value is -9.23. The van der Waals surface area contributed by atoms with Gasteiger partial charge in [0.05, 0.1) is 37.7 Å². The predicted octanol–water partition coefficient (Wildman–Crippen LogP) is 9.87. The fraction of sp³-hybridized carbons (Fsp3) is 0. The summed E-state index contributed by atoms with van der Waals surface area (Å²) in [5.41, 5.74) is 10.5. The molecule has 0 amide bonds. The first-order chi connectivity index (χ1) is 33.7. The van der Waals surface area contributed by atoms with Crippen LogP contribution in [0.4, 0.5) is 11.4 Å². The Balaban J connectivity index is 0.000000312. The summed E-state index contributed by atoms with van der Waals surface area (Å²) in [5.74, 6) is 2.56. The minimum absolute atomic E-state index is 0. The van der Waals surface area contributed by atoms with Gasteiger partial charge in [0, 0.05) is 164 Å². The Morgan fingerprint density at radius 3 is 0.761 bits per heavy atom. The van der Waals surface area contributed by atoms with Gasteiger partial charge in [0.25, 0.3) is 11.4 Å². The van der Waals surface area contributed by atoms with E-state index in [1.165, 1.54) is 24.3 Å². The Kier molecular flexibility index (Phi) is 15.9. The van der Waals surface area contributed by atoms with Gasteiger partial charge in [-0.3, -0.25) is 20.2 Å². The fourth-order valence-corrected chi connectivity index (χ4v) is 7.96. The Labute approximate surface area is 421 Å². The summed E-state index contributed by atoms with van der Waals surface area (Å²) < 4.78 is 0. The van der Waals surface area contributed by atoms with Gasteiger partial charge in [-0.05, 0) is 112 Å². The molecule has 0 saturated carbocycles. The molecule has 1 aliphatic heterocycles. The normalized spacial score (nSPS) is 11.4. The Morgan fingerprint density at radius 1 is 0.352 bits per heavy atom. The molecule has 6 aromatic carbocycles. The molecule has 0 radical (unpaired) electrons. The molecule has 10 aromatic rings. The summed E-state index contributed by atoms with van der Waals surface area (Å²) in [5, 5.41) is 29.6. The van der Waals surface area contributed by atoms with Gasteiger partial charge < -0.3 is 30.5 Å². The molecule has 4 aromatic heterocycles. The van der Waals surface area contributed by atoms with Crippen molar-refractivity contribution < 1.29 is 44.7 Å². The van der Waals surface area contributed by atoms with Gasteiger partial charge in [-0.2, -0.15) is 0 Å². The maximum Gasteiger partial charge on any atom is 0.337 e. The number of hydrogen-bond donors (Lipinski definition) is 1. The van der Waals surface area contributed by atoms with Crippen molar-refractivity contribution in [3.63, 3.8) is 0 Å². The van der Waals surface area contributed by atoms with Gasteiger partial charge >= 0.3 is 5.97 Å². The van der Waals surface area contributed by atoms with Crippen LogP contribution in [0.3, 0.4) is 0 Å². The maximum absolute atomic E-state index is 11.8. The van der Waals surface area contributed by atoms with E-state index in [4.69, 9.17) is 19.9 Å². The van der Waals surface area contributed by atoms with Crippen molar-refractivity contribution in [2.24, 2.45) is 0 Å². The first-order valence-corrected chi connectivity index (χ1v) is 21.7. The molecule has 0 fully saturated rings. The number of carbonyl (C=O) groups is 1. The number of nitrogens with zero attached hydrogens (tertiary/aromatic N) is 6. The number of hydrogen-bond acceptors (Lipinski definition) is 5. The number of fused-ring (bicyclic) bond motifs is 8. The minimum atomic E-state index is -0.980. The SMILES string of the molecule is O=C(O)c1ccc([C+]2c3ccc([n-]3)[C+](c3ccccc3)c3ccc([n-]3)[C+](c3ccccc3)c3ccc([n-]3)[C+](c3ccccc3)c3ccc2[n-]3)cc1.O=[N+]([O-])c1ccccc1.O=[N+]([O-])c1ccccc1.[OH3+].[Zn]. The van der Waals surface area contributed by atoms with Crippen molar-refractivity contribution in [2.45, 2.75) is 0 Å². The first-order valence-electron chi connectivity index (χ1n) is 21.7. The summed E-state index contributed by atoms with van der Waals surface area (Å²) in [6.07, 6.45) is 0. The average molecular weight is 987 g/mol. The summed E-state index contributed by atoms with van der Waals surface area (Å²) in [4.78, 5) is 52.0. The largest absolute Gasteiger partial charge is 0.628 e. The van der Waals surface area contributed by atoms with E-state index in [9.17, 15) is 30.1 Å². The molecule has 13 nitrogen and oxygen atoms in total. The Bertz CT molecular complexity index is 3110. The van der Waals surface area contributed by atoms with Crippen molar-refractivity contribution in [3.8, 4) is 0 Å². The number of nitro groups is 2.